The van der Waals surface area contributed by atoms with Crippen molar-refractivity contribution in [2.75, 3.05) is 19.7 Å². The topological polar surface area (TPSA) is 49.8 Å². The van der Waals surface area contributed by atoms with E-state index in [1.807, 2.05) is 4.90 Å². The molecule has 0 aliphatic carbocycles. The van der Waals surface area contributed by atoms with Crippen LogP contribution in [-0.4, -0.2) is 41.8 Å². The van der Waals surface area contributed by atoms with Gasteiger partial charge < -0.3 is 9.84 Å². The zero-order valence-electron chi connectivity index (χ0n) is 11.3. The van der Waals surface area contributed by atoms with Gasteiger partial charge in [-0.3, -0.25) is 4.90 Å². The Hall–Kier alpha value is -1.60. The standard InChI is InChI=1S/C14H16F3NO3/c15-11-5-9(6-12(16)14(11)17)7-18-3-1-10(2-4-18)21-8-13(19)20/h5-6,10H,1-4,7-8H2,(H,19,20). The number of halogens is 3. The number of hydrogen-bond acceptors (Lipinski definition) is 3. The number of rotatable bonds is 5. The molecule has 1 fully saturated rings. The maximum absolute atomic E-state index is 13.1. The molecule has 1 aromatic carbocycles. The Bertz CT molecular complexity index is 493. The van der Waals surface area contributed by atoms with Gasteiger partial charge >= 0.3 is 5.97 Å². The number of benzene rings is 1. The van der Waals surface area contributed by atoms with Gasteiger partial charge in [0.05, 0.1) is 6.10 Å². The monoisotopic (exact) mass is 303 g/mol. The van der Waals surface area contributed by atoms with Gasteiger partial charge in [0.15, 0.2) is 17.5 Å². The molecule has 0 bridgehead atoms. The Kier molecular flexibility index (Phi) is 5.19. The first-order valence-corrected chi connectivity index (χ1v) is 6.65. The van der Waals surface area contributed by atoms with Crippen molar-refractivity contribution in [1.82, 2.24) is 4.90 Å². The lowest BCUT2D eigenvalue weighted by molar-refractivity contribution is -0.145. The zero-order chi connectivity index (χ0) is 15.4. The Labute approximate surface area is 120 Å². The number of piperidine rings is 1. The highest BCUT2D eigenvalue weighted by atomic mass is 19.2. The minimum Gasteiger partial charge on any atom is -0.480 e. The molecule has 1 aliphatic rings. The van der Waals surface area contributed by atoms with Crippen LogP contribution in [0.25, 0.3) is 0 Å². The van der Waals surface area contributed by atoms with Gasteiger partial charge in [-0.05, 0) is 30.5 Å². The second kappa shape index (κ2) is 6.91. The first-order chi connectivity index (χ1) is 9.95. The number of aliphatic carboxylic acids is 1. The average molecular weight is 303 g/mol. The van der Waals surface area contributed by atoms with Gasteiger partial charge in [0.2, 0.25) is 0 Å². The molecule has 1 N–H and O–H groups in total. The third kappa shape index (κ3) is 4.44. The van der Waals surface area contributed by atoms with Crippen molar-refractivity contribution < 1.29 is 27.8 Å². The summed E-state index contributed by atoms with van der Waals surface area (Å²) in [4.78, 5) is 12.4. The van der Waals surface area contributed by atoms with E-state index in [1.54, 1.807) is 0 Å². The molecule has 7 heteroatoms. The largest absolute Gasteiger partial charge is 0.480 e. The van der Waals surface area contributed by atoms with Crippen molar-refractivity contribution in [2.24, 2.45) is 0 Å². The molecule has 116 valence electrons. The summed E-state index contributed by atoms with van der Waals surface area (Å²) in [6.07, 6.45) is 1.19. The fourth-order valence-electron chi connectivity index (χ4n) is 2.38. The third-order valence-corrected chi connectivity index (χ3v) is 3.43. The molecule has 1 aliphatic heterocycles. The maximum atomic E-state index is 13.1. The number of nitrogens with zero attached hydrogens (tertiary/aromatic N) is 1. The Morgan fingerprint density at radius 1 is 1.24 bits per heavy atom. The minimum absolute atomic E-state index is 0.112. The molecule has 0 spiro atoms. The van der Waals surface area contributed by atoms with Crippen molar-refractivity contribution in [3.8, 4) is 0 Å². The first-order valence-electron chi connectivity index (χ1n) is 6.65. The molecule has 1 saturated heterocycles. The Morgan fingerprint density at radius 3 is 2.33 bits per heavy atom. The molecule has 0 amide bonds. The number of hydrogen-bond donors (Lipinski definition) is 1. The molecule has 0 saturated carbocycles. The van der Waals surface area contributed by atoms with Crippen molar-refractivity contribution in [3.05, 3.63) is 35.1 Å². The molecule has 0 radical (unpaired) electrons. The van der Waals surface area contributed by atoms with Crippen LogP contribution >= 0.6 is 0 Å². The van der Waals surface area contributed by atoms with Gasteiger partial charge in [-0.1, -0.05) is 0 Å². The summed E-state index contributed by atoms with van der Waals surface area (Å²) in [7, 11) is 0. The summed E-state index contributed by atoms with van der Waals surface area (Å²) in [6.45, 7) is 1.26. The second-order valence-electron chi connectivity index (χ2n) is 5.05. The van der Waals surface area contributed by atoms with E-state index in [2.05, 4.69) is 0 Å². The summed E-state index contributed by atoms with van der Waals surface area (Å²) in [5.41, 5.74) is 0.372. The van der Waals surface area contributed by atoms with Crippen LogP contribution in [0.2, 0.25) is 0 Å². The summed E-state index contributed by atoms with van der Waals surface area (Å²) in [5.74, 6) is -4.84. The Morgan fingerprint density at radius 2 is 1.81 bits per heavy atom. The van der Waals surface area contributed by atoms with Crippen LogP contribution in [0.1, 0.15) is 18.4 Å². The highest BCUT2D eigenvalue weighted by Crippen LogP contribution is 2.19. The zero-order valence-corrected chi connectivity index (χ0v) is 11.3. The number of carboxylic acid groups (broad SMARTS) is 1. The van der Waals surface area contributed by atoms with Gasteiger partial charge in [0, 0.05) is 19.6 Å². The minimum atomic E-state index is -1.46. The summed E-state index contributed by atoms with van der Waals surface area (Å²) >= 11 is 0. The Balaban J connectivity index is 1.85. The average Bonchev–Trinajstić information content (AvgIpc) is 2.44. The molecule has 2 rings (SSSR count). The lowest BCUT2D eigenvalue weighted by Crippen LogP contribution is -2.37. The number of carboxylic acids is 1. The maximum Gasteiger partial charge on any atom is 0.329 e. The van der Waals surface area contributed by atoms with Crippen LogP contribution in [0.3, 0.4) is 0 Å². The number of likely N-dealkylation sites (tertiary alicyclic amines) is 1. The van der Waals surface area contributed by atoms with Crippen molar-refractivity contribution in [2.45, 2.75) is 25.5 Å². The normalized spacial score (nSPS) is 17.1. The third-order valence-electron chi connectivity index (χ3n) is 3.43. The quantitative estimate of drug-likeness (QED) is 0.847. The van der Waals surface area contributed by atoms with E-state index in [9.17, 15) is 18.0 Å². The van der Waals surface area contributed by atoms with Gasteiger partial charge in [0.1, 0.15) is 6.61 Å². The van der Waals surface area contributed by atoms with Crippen LogP contribution in [0.4, 0.5) is 13.2 Å². The summed E-state index contributed by atoms with van der Waals surface area (Å²) in [5, 5.41) is 8.53. The molecule has 21 heavy (non-hydrogen) atoms. The van der Waals surface area contributed by atoms with Crippen LogP contribution in [0.15, 0.2) is 12.1 Å². The number of ether oxygens (including phenoxy) is 1. The van der Waals surface area contributed by atoms with Crippen molar-refractivity contribution in [3.63, 3.8) is 0 Å². The van der Waals surface area contributed by atoms with Gasteiger partial charge in [-0.25, -0.2) is 18.0 Å². The molecule has 0 aromatic heterocycles. The highest BCUT2D eigenvalue weighted by Gasteiger charge is 2.21. The van der Waals surface area contributed by atoms with E-state index in [1.165, 1.54) is 0 Å². The number of carbonyl (C=O) groups is 1. The molecule has 0 unspecified atom stereocenters. The van der Waals surface area contributed by atoms with Crippen molar-refractivity contribution >= 4 is 5.97 Å². The van der Waals surface area contributed by atoms with E-state index in [4.69, 9.17) is 9.84 Å². The van der Waals surface area contributed by atoms with E-state index in [0.717, 1.165) is 12.1 Å². The smallest absolute Gasteiger partial charge is 0.329 e. The fraction of sp³-hybridized carbons (Fsp3) is 0.500. The van der Waals surface area contributed by atoms with E-state index in [-0.39, 0.29) is 12.7 Å². The van der Waals surface area contributed by atoms with Crippen LogP contribution in [-0.2, 0) is 16.1 Å². The van der Waals surface area contributed by atoms with Crippen LogP contribution in [0.5, 0.6) is 0 Å². The SMILES string of the molecule is O=C(O)COC1CCN(Cc2cc(F)c(F)c(F)c2)CC1. The van der Waals surface area contributed by atoms with E-state index < -0.39 is 23.4 Å². The van der Waals surface area contributed by atoms with Crippen molar-refractivity contribution in [1.29, 1.82) is 0 Å². The lowest BCUT2D eigenvalue weighted by atomic mass is 10.1. The van der Waals surface area contributed by atoms with Crippen LogP contribution in [0, 0.1) is 17.5 Å². The molecule has 1 aromatic rings. The molecule has 1 heterocycles. The first kappa shape index (κ1) is 15.8. The van der Waals surface area contributed by atoms with E-state index >= 15 is 0 Å². The molecular weight excluding hydrogens is 287 g/mol. The second-order valence-corrected chi connectivity index (χ2v) is 5.05. The van der Waals surface area contributed by atoms with Gasteiger partial charge in [-0.2, -0.15) is 0 Å². The fourth-order valence-corrected chi connectivity index (χ4v) is 2.38. The van der Waals surface area contributed by atoms with Gasteiger partial charge in [-0.15, -0.1) is 0 Å². The van der Waals surface area contributed by atoms with Gasteiger partial charge in [0.25, 0.3) is 0 Å². The summed E-state index contributed by atoms with van der Waals surface area (Å²) < 4.78 is 44.3. The highest BCUT2D eigenvalue weighted by molar-refractivity contribution is 5.68. The molecule has 0 atom stereocenters. The molecule has 4 nitrogen and oxygen atoms in total. The van der Waals surface area contributed by atoms with E-state index in [0.29, 0.717) is 38.0 Å². The van der Waals surface area contributed by atoms with Crippen LogP contribution < -0.4 is 0 Å². The summed E-state index contributed by atoms with van der Waals surface area (Å²) in [6, 6.07) is 1.98. The lowest BCUT2D eigenvalue weighted by Gasteiger charge is -2.31. The molecular formula is C14H16F3NO3. The predicted octanol–water partition coefficient (Wildman–Crippen LogP) is 2.17. The predicted molar refractivity (Wildman–Crippen MR) is 68.2 cm³/mol.